The maximum Gasteiger partial charge on any atom is 0.273 e. The van der Waals surface area contributed by atoms with Crippen LogP contribution in [0.15, 0.2) is 53.8 Å². The van der Waals surface area contributed by atoms with E-state index in [1.54, 1.807) is 24.4 Å². The van der Waals surface area contributed by atoms with Crippen molar-refractivity contribution in [2.24, 2.45) is 5.10 Å². The first-order chi connectivity index (χ1) is 14.6. The molecule has 1 atom stereocenters. The number of carbonyl (C=O) groups is 1. The number of fused-ring (bicyclic) bond motifs is 1. The number of methoxy groups -OCH3 is 4. The predicted molar refractivity (Wildman–Crippen MR) is 113 cm³/mol. The second-order valence-electron chi connectivity index (χ2n) is 6.23. The fourth-order valence-corrected chi connectivity index (χ4v) is 3.13. The molecule has 1 N–H and O–H groups in total. The van der Waals surface area contributed by atoms with Gasteiger partial charge in [0.15, 0.2) is 17.6 Å². The minimum absolute atomic E-state index is 0.405. The molecule has 0 spiro atoms. The molecule has 2 aromatic carbocycles. The number of hydrogen-bond donors (Lipinski definition) is 1. The average Bonchev–Trinajstić information content (AvgIpc) is 2.79. The van der Waals surface area contributed by atoms with E-state index in [0.717, 1.165) is 10.9 Å². The van der Waals surface area contributed by atoms with Crippen LogP contribution in [-0.2, 0) is 9.53 Å². The number of hydrogen-bond acceptors (Lipinski definition) is 7. The molecule has 0 bridgehead atoms. The molecule has 1 aromatic heterocycles. The third-order valence-electron chi connectivity index (χ3n) is 4.51. The van der Waals surface area contributed by atoms with E-state index in [9.17, 15) is 4.79 Å². The van der Waals surface area contributed by atoms with Gasteiger partial charge in [-0.15, -0.1) is 0 Å². The first kappa shape index (κ1) is 21.1. The second kappa shape index (κ2) is 9.71. The van der Waals surface area contributed by atoms with Crippen LogP contribution in [0.3, 0.4) is 0 Å². The highest BCUT2D eigenvalue weighted by Crippen LogP contribution is 2.37. The molecule has 0 aliphatic rings. The van der Waals surface area contributed by atoms with Crippen LogP contribution in [0.1, 0.15) is 17.2 Å². The van der Waals surface area contributed by atoms with Gasteiger partial charge in [-0.2, -0.15) is 5.10 Å². The van der Waals surface area contributed by atoms with Crippen molar-refractivity contribution in [1.29, 1.82) is 0 Å². The number of nitrogens with zero attached hydrogens (tertiary/aromatic N) is 2. The molecule has 8 nitrogen and oxygen atoms in total. The van der Waals surface area contributed by atoms with Gasteiger partial charge in [0.2, 0.25) is 5.75 Å². The number of carbonyl (C=O) groups excluding carboxylic acids is 1. The highest BCUT2D eigenvalue weighted by Gasteiger charge is 2.22. The summed E-state index contributed by atoms with van der Waals surface area (Å²) in [6, 6.07) is 12.8. The Morgan fingerprint density at radius 1 is 1.03 bits per heavy atom. The lowest BCUT2D eigenvalue weighted by molar-refractivity contribution is -0.131. The highest BCUT2D eigenvalue weighted by molar-refractivity contribution is 5.91. The number of hydrazone groups is 1. The zero-order valence-electron chi connectivity index (χ0n) is 17.2. The molecule has 0 saturated heterocycles. The maximum atomic E-state index is 12.7. The second-order valence-corrected chi connectivity index (χ2v) is 6.23. The Balaban J connectivity index is 1.81. The standard InChI is InChI=1S/C22H23N3O5/c1-27-18-11-14(12-19(28-2)21(18)30-4)13-24-25-22(26)20(29-3)16-9-10-23-17-8-6-5-7-15(16)17/h5-13,20H,1-4H3,(H,25,26)/b24-13+. The number of benzene rings is 2. The van der Waals surface area contributed by atoms with Gasteiger partial charge in [-0.05, 0) is 24.3 Å². The van der Waals surface area contributed by atoms with Crippen molar-refractivity contribution >= 4 is 23.0 Å². The van der Waals surface area contributed by atoms with E-state index in [1.807, 2.05) is 24.3 Å². The first-order valence-corrected chi connectivity index (χ1v) is 9.12. The third kappa shape index (κ3) is 4.33. The van der Waals surface area contributed by atoms with Gasteiger partial charge < -0.3 is 18.9 Å². The minimum atomic E-state index is -0.838. The van der Waals surface area contributed by atoms with Crippen molar-refractivity contribution in [1.82, 2.24) is 10.4 Å². The summed E-state index contributed by atoms with van der Waals surface area (Å²) in [7, 11) is 6.06. The van der Waals surface area contributed by atoms with Gasteiger partial charge in [-0.3, -0.25) is 9.78 Å². The fourth-order valence-electron chi connectivity index (χ4n) is 3.13. The van der Waals surface area contributed by atoms with Crippen LogP contribution >= 0.6 is 0 Å². The molecule has 0 fully saturated rings. The van der Waals surface area contributed by atoms with Gasteiger partial charge in [0, 0.05) is 29.8 Å². The number of para-hydroxylation sites is 1. The van der Waals surface area contributed by atoms with Crippen molar-refractivity contribution in [2.75, 3.05) is 28.4 Å². The van der Waals surface area contributed by atoms with Crippen LogP contribution < -0.4 is 19.6 Å². The maximum absolute atomic E-state index is 12.7. The molecule has 30 heavy (non-hydrogen) atoms. The van der Waals surface area contributed by atoms with Crippen molar-refractivity contribution in [3.8, 4) is 17.2 Å². The lowest BCUT2D eigenvalue weighted by atomic mass is 10.0. The fraction of sp³-hybridized carbons (Fsp3) is 0.227. The number of ether oxygens (including phenoxy) is 4. The number of aromatic nitrogens is 1. The summed E-state index contributed by atoms with van der Waals surface area (Å²) >= 11 is 0. The summed E-state index contributed by atoms with van der Waals surface area (Å²) < 4.78 is 21.4. The van der Waals surface area contributed by atoms with Crippen LogP contribution in [-0.4, -0.2) is 45.5 Å². The third-order valence-corrected chi connectivity index (χ3v) is 4.51. The Hall–Kier alpha value is -3.65. The molecule has 3 rings (SSSR count). The minimum Gasteiger partial charge on any atom is -0.493 e. The van der Waals surface area contributed by atoms with E-state index in [1.165, 1.54) is 34.7 Å². The zero-order chi connectivity index (χ0) is 21.5. The molecule has 3 aromatic rings. The Kier molecular flexibility index (Phi) is 6.82. The van der Waals surface area contributed by atoms with Crippen molar-refractivity contribution in [3.63, 3.8) is 0 Å². The summed E-state index contributed by atoms with van der Waals surface area (Å²) in [5.74, 6) is 1.05. The Bertz CT molecular complexity index is 1040. The molecule has 156 valence electrons. The smallest absolute Gasteiger partial charge is 0.273 e. The largest absolute Gasteiger partial charge is 0.493 e. The molecular weight excluding hydrogens is 386 g/mol. The van der Waals surface area contributed by atoms with Crippen molar-refractivity contribution in [3.05, 3.63) is 59.8 Å². The van der Waals surface area contributed by atoms with Gasteiger partial charge in [-0.1, -0.05) is 18.2 Å². The number of rotatable bonds is 8. The van der Waals surface area contributed by atoms with Gasteiger partial charge in [0.05, 0.1) is 33.1 Å². The molecule has 0 radical (unpaired) electrons. The molecule has 0 aliphatic carbocycles. The summed E-state index contributed by atoms with van der Waals surface area (Å²) in [4.78, 5) is 17.0. The summed E-state index contributed by atoms with van der Waals surface area (Å²) in [6.07, 6.45) is 2.30. The van der Waals surface area contributed by atoms with Gasteiger partial charge in [-0.25, -0.2) is 5.43 Å². The Morgan fingerprint density at radius 2 is 1.73 bits per heavy atom. The molecular formula is C22H23N3O5. The quantitative estimate of drug-likeness (QED) is 0.454. The Morgan fingerprint density at radius 3 is 2.37 bits per heavy atom. The van der Waals surface area contributed by atoms with Gasteiger partial charge >= 0.3 is 0 Å². The van der Waals surface area contributed by atoms with Crippen LogP contribution in [0, 0.1) is 0 Å². The normalized spacial score (nSPS) is 12.0. The molecule has 1 heterocycles. The lowest BCUT2D eigenvalue weighted by Crippen LogP contribution is -2.26. The Labute approximate surface area is 174 Å². The van der Waals surface area contributed by atoms with E-state index < -0.39 is 12.0 Å². The number of pyridine rings is 1. The molecule has 0 aliphatic heterocycles. The van der Waals surface area contributed by atoms with Gasteiger partial charge in [0.25, 0.3) is 5.91 Å². The van der Waals surface area contributed by atoms with Crippen LogP contribution in [0.2, 0.25) is 0 Å². The van der Waals surface area contributed by atoms with E-state index in [0.29, 0.717) is 28.4 Å². The topological polar surface area (TPSA) is 91.3 Å². The van der Waals surface area contributed by atoms with E-state index in [2.05, 4.69) is 15.5 Å². The van der Waals surface area contributed by atoms with Crippen LogP contribution in [0.5, 0.6) is 17.2 Å². The van der Waals surface area contributed by atoms with E-state index >= 15 is 0 Å². The van der Waals surface area contributed by atoms with Crippen LogP contribution in [0.4, 0.5) is 0 Å². The lowest BCUT2D eigenvalue weighted by Gasteiger charge is -2.16. The summed E-state index contributed by atoms with van der Waals surface area (Å²) in [5, 5.41) is 4.89. The van der Waals surface area contributed by atoms with Crippen molar-refractivity contribution in [2.45, 2.75) is 6.10 Å². The predicted octanol–water partition coefficient (Wildman–Crippen LogP) is 3.10. The first-order valence-electron chi connectivity index (χ1n) is 9.12. The summed E-state index contributed by atoms with van der Waals surface area (Å²) in [6.45, 7) is 0. The van der Waals surface area contributed by atoms with E-state index in [4.69, 9.17) is 18.9 Å². The SMILES string of the molecule is COc1cc(/C=N/NC(=O)C(OC)c2ccnc3ccccc23)cc(OC)c1OC. The molecule has 8 heteroatoms. The van der Waals surface area contributed by atoms with Gasteiger partial charge in [0.1, 0.15) is 0 Å². The molecule has 1 amide bonds. The number of nitrogens with one attached hydrogen (secondary N) is 1. The average molecular weight is 409 g/mol. The summed E-state index contributed by atoms with van der Waals surface area (Å²) in [5.41, 5.74) is 4.68. The molecule has 0 saturated carbocycles. The molecule has 1 unspecified atom stereocenters. The van der Waals surface area contributed by atoms with Crippen molar-refractivity contribution < 1.29 is 23.7 Å². The zero-order valence-corrected chi connectivity index (χ0v) is 17.2. The number of amides is 1. The monoisotopic (exact) mass is 409 g/mol. The highest BCUT2D eigenvalue weighted by atomic mass is 16.5. The van der Waals surface area contributed by atoms with E-state index in [-0.39, 0.29) is 0 Å². The van der Waals surface area contributed by atoms with Crippen LogP contribution in [0.25, 0.3) is 10.9 Å².